The number of hydrogen-bond acceptors (Lipinski definition) is 1. The highest BCUT2D eigenvalue weighted by Gasteiger charge is 2.02. The van der Waals surface area contributed by atoms with Gasteiger partial charge in [0.1, 0.15) is 11.6 Å². The standard InChI is InChI=1S/C8H9FO.C2H6/c1-2-6-7(9)4-3-5-8(6)10;1-2/h3-5,10H,2H2,1H3;1-2H3. The summed E-state index contributed by atoms with van der Waals surface area (Å²) in [7, 11) is 0. The van der Waals surface area contributed by atoms with E-state index in [1.54, 1.807) is 6.92 Å². The van der Waals surface area contributed by atoms with Gasteiger partial charge >= 0.3 is 0 Å². The van der Waals surface area contributed by atoms with E-state index in [0.717, 1.165) is 0 Å². The maximum absolute atomic E-state index is 12.7. The van der Waals surface area contributed by atoms with Gasteiger partial charge in [0.2, 0.25) is 0 Å². The van der Waals surface area contributed by atoms with Crippen LogP contribution >= 0.6 is 0 Å². The zero-order valence-corrected chi connectivity index (χ0v) is 7.76. The van der Waals surface area contributed by atoms with Crippen LogP contribution in [0.1, 0.15) is 26.3 Å². The van der Waals surface area contributed by atoms with Gasteiger partial charge in [-0.25, -0.2) is 4.39 Å². The normalized spacial score (nSPS) is 8.67. The predicted molar refractivity (Wildman–Crippen MR) is 48.8 cm³/mol. The minimum Gasteiger partial charge on any atom is -0.508 e. The summed E-state index contributed by atoms with van der Waals surface area (Å²) in [5.41, 5.74) is 0.391. The highest BCUT2D eigenvalue weighted by Crippen LogP contribution is 2.19. The molecular formula is C10H15FO. The van der Waals surface area contributed by atoms with Crippen molar-refractivity contribution in [1.82, 2.24) is 0 Å². The van der Waals surface area contributed by atoms with Crippen molar-refractivity contribution in [3.63, 3.8) is 0 Å². The minimum absolute atomic E-state index is 0.0440. The number of benzene rings is 1. The van der Waals surface area contributed by atoms with Gasteiger partial charge in [-0.2, -0.15) is 0 Å². The van der Waals surface area contributed by atoms with Crippen LogP contribution in [0.4, 0.5) is 4.39 Å². The first-order valence-corrected chi connectivity index (χ1v) is 4.22. The summed E-state index contributed by atoms with van der Waals surface area (Å²) in [5.74, 6) is -0.287. The molecule has 0 heterocycles. The fraction of sp³-hybridized carbons (Fsp3) is 0.400. The molecule has 0 saturated carbocycles. The van der Waals surface area contributed by atoms with Gasteiger partial charge in [-0.1, -0.05) is 26.8 Å². The highest BCUT2D eigenvalue weighted by molar-refractivity contribution is 5.32. The Balaban J connectivity index is 0.000000561. The van der Waals surface area contributed by atoms with E-state index >= 15 is 0 Å². The second-order valence-electron chi connectivity index (χ2n) is 2.09. The summed E-state index contributed by atoms with van der Waals surface area (Å²) >= 11 is 0. The summed E-state index contributed by atoms with van der Waals surface area (Å²) in [5, 5.41) is 9.05. The lowest BCUT2D eigenvalue weighted by Gasteiger charge is -2.00. The lowest BCUT2D eigenvalue weighted by Crippen LogP contribution is -1.86. The SMILES string of the molecule is CC.CCc1c(O)cccc1F. The van der Waals surface area contributed by atoms with Gasteiger partial charge in [0, 0.05) is 5.56 Å². The molecule has 1 aromatic carbocycles. The predicted octanol–water partition coefficient (Wildman–Crippen LogP) is 3.12. The molecule has 1 aromatic rings. The molecule has 0 aliphatic carbocycles. The Hall–Kier alpha value is -1.05. The van der Waals surface area contributed by atoms with E-state index in [2.05, 4.69) is 0 Å². The zero-order chi connectivity index (χ0) is 9.56. The van der Waals surface area contributed by atoms with E-state index < -0.39 is 0 Å². The van der Waals surface area contributed by atoms with Gasteiger partial charge in [0.25, 0.3) is 0 Å². The van der Waals surface area contributed by atoms with Crippen molar-refractivity contribution < 1.29 is 9.50 Å². The van der Waals surface area contributed by atoms with Crippen molar-refractivity contribution in [1.29, 1.82) is 0 Å². The molecule has 1 nitrogen and oxygen atoms in total. The Bertz CT molecular complexity index is 213. The summed E-state index contributed by atoms with van der Waals surface area (Å²) in [6, 6.07) is 4.32. The van der Waals surface area contributed by atoms with Crippen LogP contribution in [-0.4, -0.2) is 5.11 Å². The maximum Gasteiger partial charge on any atom is 0.130 e. The highest BCUT2D eigenvalue weighted by atomic mass is 19.1. The van der Waals surface area contributed by atoms with Crippen LogP contribution in [0.15, 0.2) is 18.2 Å². The molecule has 0 aliphatic rings. The van der Waals surface area contributed by atoms with Gasteiger partial charge in [-0.15, -0.1) is 0 Å². The second-order valence-corrected chi connectivity index (χ2v) is 2.09. The molecule has 0 spiro atoms. The monoisotopic (exact) mass is 170 g/mol. The van der Waals surface area contributed by atoms with Crippen molar-refractivity contribution in [2.75, 3.05) is 0 Å². The average Bonchev–Trinajstić information content (AvgIpc) is 2.08. The second kappa shape index (κ2) is 5.58. The number of rotatable bonds is 1. The summed E-state index contributed by atoms with van der Waals surface area (Å²) in [4.78, 5) is 0. The first kappa shape index (κ1) is 11.0. The van der Waals surface area contributed by atoms with E-state index in [0.29, 0.717) is 12.0 Å². The summed E-state index contributed by atoms with van der Waals surface area (Å²) in [6.45, 7) is 5.80. The number of hydrogen-bond donors (Lipinski definition) is 1. The van der Waals surface area contributed by atoms with Gasteiger partial charge in [-0.05, 0) is 18.6 Å². The van der Waals surface area contributed by atoms with E-state index in [1.165, 1.54) is 18.2 Å². The van der Waals surface area contributed by atoms with E-state index in [1.807, 2.05) is 13.8 Å². The van der Waals surface area contributed by atoms with Crippen LogP contribution in [0.2, 0.25) is 0 Å². The summed E-state index contributed by atoms with van der Waals surface area (Å²) < 4.78 is 12.7. The van der Waals surface area contributed by atoms with Crippen LogP contribution in [0, 0.1) is 5.82 Å². The lowest BCUT2D eigenvalue weighted by atomic mass is 10.1. The minimum atomic E-state index is -0.331. The number of phenolic OH excluding ortho intramolecular Hbond substituents is 1. The van der Waals surface area contributed by atoms with Crippen LogP contribution in [0.3, 0.4) is 0 Å². The molecule has 68 valence electrons. The van der Waals surface area contributed by atoms with Crippen molar-refractivity contribution in [2.24, 2.45) is 0 Å². The van der Waals surface area contributed by atoms with Gasteiger partial charge < -0.3 is 5.11 Å². The number of halogens is 1. The van der Waals surface area contributed by atoms with Gasteiger partial charge in [0.15, 0.2) is 0 Å². The zero-order valence-electron chi connectivity index (χ0n) is 7.76. The number of phenols is 1. The van der Waals surface area contributed by atoms with Crippen molar-refractivity contribution in [2.45, 2.75) is 27.2 Å². The van der Waals surface area contributed by atoms with Crippen LogP contribution in [-0.2, 0) is 6.42 Å². The molecule has 1 rings (SSSR count). The van der Waals surface area contributed by atoms with Gasteiger partial charge in [-0.3, -0.25) is 0 Å². The molecular weight excluding hydrogens is 155 g/mol. The molecule has 0 saturated heterocycles. The third kappa shape index (κ3) is 2.53. The molecule has 1 N–H and O–H groups in total. The Kier molecular flexibility index (Phi) is 5.09. The molecule has 0 atom stereocenters. The Morgan fingerprint density at radius 1 is 1.33 bits per heavy atom. The van der Waals surface area contributed by atoms with E-state index in [-0.39, 0.29) is 11.6 Å². The van der Waals surface area contributed by atoms with Gasteiger partial charge in [0.05, 0.1) is 0 Å². The van der Waals surface area contributed by atoms with Crippen molar-refractivity contribution in [3.8, 4) is 5.75 Å². The molecule has 0 fully saturated rings. The molecule has 12 heavy (non-hydrogen) atoms. The Morgan fingerprint density at radius 2 is 1.92 bits per heavy atom. The van der Waals surface area contributed by atoms with Crippen molar-refractivity contribution >= 4 is 0 Å². The maximum atomic E-state index is 12.7. The molecule has 0 amide bonds. The smallest absolute Gasteiger partial charge is 0.130 e. The Morgan fingerprint density at radius 3 is 2.25 bits per heavy atom. The number of aromatic hydroxyl groups is 1. The topological polar surface area (TPSA) is 20.2 Å². The lowest BCUT2D eigenvalue weighted by molar-refractivity contribution is 0.460. The first-order chi connectivity index (χ1) is 5.75. The third-order valence-corrected chi connectivity index (χ3v) is 1.45. The summed E-state index contributed by atoms with van der Waals surface area (Å²) in [6.07, 6.45) is 0.526. The largest absolute Gasteiger partial charge is 0.508 e. The van der Waals surface area contributed by atoms with Crippen LogP contribution in [0.5, 0.6) is 5.75 Å². The third-order valence-electron chi connectivity index (χ3n) is 1.45. The molecule has 0 aliphatic heterocycles. The molecule has 0 aromatic heterocycles. The molecule has 0 radical (unpaired) electrons. The molecule has 2 heteroatoms. The van der Waals surface area contributed by atoms with Crippen molar-refractivity contribution in [3.05, 3.63) is 29.6 Å². The van der Waals surface area contributed by atoms with Crippen LogP contribution < -0.4 is 0 Å². The van der Waals surface area contributed by atoms with Crippen LogP contribution in [0.25, 0.3) is 0 Å². The van der Waals surface area contributed by atoms with E-state index in [9.17, 15) is 4.39 Å². The fourth-order valence-corrected chi connectivity index (χ4v) is 0.897. The first-order valence-electron chi connectivity index (χ1n) is 4.22. The average molecular weight is 170 g/mol. The fourth-order valence-electron chi connectivity index (χ4n) is 0.897. The quantitative estimate of drug-likeness (QED) is 0.686. The Labute approximate surface area is 72.9 Å². The van der Waals surface area contributed by atoms with E-state index in [4.69, 9.17) is 5.11 Å². The molecule has 0 bridgehead atoms. The molecule has 0 unspecified atom stereocenters.